The summed E-state index contributed by atoms with van der Waals surface area (Å²) in [5.74, 6) is 0.845. The fraction of sp³-hybridized carbons (Fsp3) is 0.353. The summed E-state index contributed by atoms with van der Waals surface area (Å²) in [7, 11) is 0. The maximum atomic E-state index is 10.1. The second-order valence-corrected chi connectivity index (χ2v) is 4.92. The lowest BCUT2D eigenvalue weighted by molar-refractivity contribution is 0.174. The molecular weight excluding hydrogens is 264 g/mol. The average molecular weight is 286 g/mol. The van der Waals surface area contributed by atoms with E-state index in [0.717, 1.165) is 36.4 Å². The van der Waals surface area contributed by atoms with E-state index in [-0.39, 0.29) is 0 Å². The Bertz CT molecular complexity index is 514. The zero-order valence-electron chi connectivity index (χ0n) is 12.3. The third-order valence-electron chi connectivity index (χ3n) is 3.15. The van der Waals surface area contributed by atoms with E-state index >= 15 is 0 Å². The highest BCUT2D eigenvalue weighted by molar-refractivity contribution is 5.28. The van der Waals surface area contributed by atoms with Gasteiger partial charge in [-0.2, -0.15) is 0 Å². The summed E-state index contributed by atoms with van der Waals surface area (Å²) in [4.78, 5) is 3.98. The third kappa shape index (κ3) is 5.17. The van der Waals surface area contributed by atoms with Crippen LogP contribution in [0.25, 0.3) is 0 Å². The molecule has 4 heteroatoms. The lowest BCUT2D eigenvalue weighted by atomic mass is 10.1. The standard InChI is InChI=1S/C17H22N2O2/c1-2-11-21-16-5-3-15(4-6-16)17(20)13-19-12-14-7-9-18-10-8-14/h3-10,17,19-20H,2,11-13H2,1H3. The normalized spacial score (nSPS) is 12.1. The van der Waals surface area contributed by atoms with Crippen molar-refractivity contribution in [3.63, 3.8) is 0 Å². The number of aromatic nitrogens is 1. The van der Waals surface area contributed by atoms with Gasteiger partial charge in [-0.1, -0.05) is 19.1 Å². The third-order valence-corrected chi connectivity index (χ3v) is 3.15. The molecule has 0 fully saturated rings. The zero-order chi connectivity index (χ0) is 14.9. The zero-order valence-corrected chi connectivity index (χ0v) is 12.3. The van der Waals surface area contributed by atoms with E-state index in [1.165, 1.54) is 0 Å². The van der Waals surface area contributed by atoms with Crippen LogP contribution in [0.15, 0.2) is 48.8 Å². The average Bonchev–Trinajstić information content (AvgIpc) is 2.54. The van der Waals surface area contributed by atoms with Crippen molar-refractivity contribution >= 4 is 0 Å². The van der Waals surface area contributed by atoms with Crippen molar-refractivity contribution in [2.45, 2.75) is 26.0 Å². The van der Waals surface area contributed by atoms with E-state index in [0.29, 0.717) is 6.54 Å². The number of aliphatic hydroxyl groups is 1. The summed E-state index contributed by atoms with van der Waals surface area (Å²) in [6, 6.07) is 11.5. The largest absolute Gasteiger partial charge is 0.494 e. The molecule has 1 aromatic carbocycles. The van der Waals surface area contributed by atoms with Gasteiger partial charge in [0.1, 0.15) is 5.75 Å². The van der Waals surface area contributed by atoms with E-state index in [1.807, 2.05) is 36.4 Å². The monoisotopic (exact) mass is 286 g/mol. The first-order chi connectivity index (χ1) is 10.3. The molecule has 1 atom stereocenters. The van der Waals surface area contributed by atoms with Crippen LogP contribution in [-0.2, 0) is 6.54 Å². The molecule has 1 aromatic heterocycles. The summed E-state index contributed by atoms with van der Waals surface area (Å²) >= 11 is 0. The Morgan fingerprint density at radius 2 is 1.86 bits per heavy atom. The fourth-order valence-corrected chi connectivity index (χ4v) is 1.98. The van der Waals surface area contributed by atoms with Crippen molar-refractivity contribution in [1.82, 2.24) is 10.3 Å². The first-order valence-electron chi connectivity index (χ1n) is 7.30. The SMILES string of the molecule is CCCOc1ccc(C(O)CNCc2ccncc2)cc1. The number of pyridine rings is 1. The molecule has 0 aliphatic rings. The maximum absolute atomic E-state index is 10.1. The number of nitrogens with one attached hydrogen (secondary N) is 1. The number of nitrogens with zero attached hydrogens (tertiary/aromatic N) is 1. The Morgan fingerprint density at radius 3 is 2.52 bits per heavy atom. The van der Waals surface area contributed by atoms with Crippen LogP contribution in [0.2, 0.25) is 0 Å². The van der Waals surface area contributed by atoms with Crippen molar-refractivity contribution in [2.75, 3.05) is 13.2 Å². The summed E-state index contributed by atoms with van der Waals surface area (Å²) in [5, 5.41) is 13.4. The summed E-state index contributed by atoms with van der Waals surface area (Å²) in [6.07, 6.45) is 4.00. The van der Waals surface area contributed by atoms with E-state index in [9.17, 15) is 5.11 Å². The van der Waals surface area contributed by atoms with Gasteiger partial charge in [0.05, 0.1) is 12.7 Å². The molecule has 1 heterocycles. The molecule has 112 valence electrons. The number of rotatable bonds is 8. The highest BCUT2D eigenvalue weighted by atomic mass is 16.5. The number of hydrogen-bond donors (Lipinski definition) is 2. The second-order valence-electron chi connectivity index (χ2n) is 4.92. The van der Waals surface area contributed by atoms with Gasteiger partial charge in [0.25, 0.3) is 0 Å². The molecule has 0 spiro atoms. The molecule has 0 amide bonds. The van der Waals surface area contributed by atoms with E-state index in [4.69, 9.17) is 4.74 Å². The molecule has 2 aromatic rings. The molecule has 21 heavy (non-hydrogen) atoms. The summed E-state index contributed by atoms with van der Waals surface area (Å²) < 4.78 is 5.53. The van der Waals surface area contributed by atoms with Crippen LogP contribution in [0.1, 0.15) is 30.6 Å². The summed E-state index contributed by atoms with van der Waals surface area (Å²) in [5.41, 5.74) is 2.04. The predicted octanol–water partition coefficient (Wildman–Crippen LogP) is 2.69. The molecule has 2 rings (SSSR count). The Hall–Kier alpha value is -1.91. The van der Waals surface area contributed by atoms with Crippen LogP contribution in [0.4, 0.5) is 0 Å². The number of ether oxygens (including phenoxy) is 1. The van der Waals surface area contributed by atoms with Crippen molar-refractivity contribution in [3.8, 4) is 5.75 Å². The topological polar surface area (TPSA) is 54.4 Å². The van der Waals surface area contributed by atoms with Crippen molar-refractivity contribution in [2.24, 2.45) is 0 Å². The molecule has 0 aliphatic carbocycles. The van der Waals surface area contributed by atoms with E-state index in [1.54, 1.807) is 12.4 Å². The molecule has 0 saturated carbocycles. The molecule has 1 unspecified atom stereocenters. The minimum atomic E-state index is -0.521. The van der Waals surface area contributed by atoms with Gasteiger partial charge < -0.3 is 15.2 Å². The van der Waals surface area contributed by atoms with Crippen LogP contribution < -0.4 is 10.1 Å². The Labute approximate surface area is 125 Å². The maximum Gasteiger partial charge on any atom is 0.119 e. The first kappa shape index (κ1) is 15.5. The quantitative estimate of drug-likeness (QED) is 0.783. The van der Waals surface area contributed by atoms with Crippen molar-refractivity contribution < 1.29 is 9.84 Å². The van der Waals surface area contributed by atoms with E-state index in [2.05, 4.69) is 17.2 Å². The number of hydrogen-bond acceptors (Lipinski definition) is 4. The number of aliphatic hydroxyl groups excluding tert-OH is 1. The van der Waals surface area contributed by atoms with Crippen LogP contribution in [-0.4, -0.2) is 23.2 Å². The highest BCUT2D eigenvalue weighted by Gasteiger charge is 2.07. The van der Waals surface area contributed by atoms with Crippen LogP contribution in [0.3, 0.4) is 0 Å². The van der Waals surface area contributed by atoms with Gasteiger partial charge in [0.15, 0.2) is 0 Å². The molecule has 2 N–H and O–H groups in total. The minimum Gasteiger partial charge on any atom is -0.494 e. The molecule has 4 nitrogen and oxygen atoms in total. The van der Waals surface area contributed by atoms with Gasteiger partial charge in [0.2, 0.25) is 0 Å². The summed E-state index contributed by atoms with van der Waals surface area (Å²) in [6.45, 7) is 4.02. The van der Waals surface area contributed by atoms with Crippen molar-refractivity contribution in [1.29, 1.82) is 0 Å². The van der Waals surface area contributed by atoms with Gasteiger partial charge in [-0.05, 0) is 41.8 Å². The van der Waals surface area contributed by atoms with Gasteiger partial charge in [-0.15, -0.1) is 0 Å². The first-order valence-corrected chi connectivity index (χ1v) is 7.30. The fourth-order valence-electron chi connectivity index (χ4n) is 1.98. The molecule has 0 radical (unpaired) electrons. The predicted molar refractivity (Wildman–Crippen MR) is 83.1 cm³/mol. The Balaban J connectivity index is 1.78. The lowest BCUT2D eigenvalue weighted by Gasteiger charge is -2.13. The van der Waals surface area contributed by atoms with Gasteiger partial charge in [0, 0.05) is 25.5 Å². The molecule has 0 bridgehead atoms. The van der Waals surface area contributed by atoms with Gasteiger partial charge in [-0.3, -0.25) is 4.98 Å². The Kier molecular flexibility index (Phi) is 6.19. The van der Waals surface area contributed by atoms with E-state index < -0.39 is 6.10 Å². The molecule has 0 saturated heterocycles. The highest BCUT2D eigenvalue weighted by Crippen LogP contribution is 2.17. The smallest absolute Gasteiger partial charge is 0.119 e. The van der Waals surface area contributed by atoms with Crippen molar-refractivity contribution in [3.05, 3.63) is 59.9 Å². The second kappa shape index (κ2) is 8.39. The van der Waals surface area contributed by atoms with Crippen LogP contribution >= 0.6 is 0 Å². The lowest BCUT2D eigenvalue weighted by Crippen LogP contribution is -2.21. The van der Waals surface area contributed by atoms with Gasteiger partial charge in [-0.25, -0.2) is 0 Å². The minimum absolute atomic E-state index is 0.511. The Morgan fingerprint density at radius 1 is 1.14 bits per heavy atom. The van der Waals surface area contributed by atoms with Crippen LogP contribution in [0.5, 0.6) is 5.75 Å². The molecule has 0 aliphatic heterocycles. The van der Waals surface area contributed by atoms with Crippen LogP contribution in [0, 0.1) is 0 Å². The number of benzene rings is 1. The van der Waals surface area contributed by atoms with Gasteiger partial charge >= 0.3 is 0 Å². The molecular formula is C17H22N2O2.